The number of halogens is 1. The third-order valence-electron chi connectivity index (χ3n) is 3.13. The fraction of sp³-hybridized carbons (Fsp3) is 0.188. The van der Waals surface area contributed by atoms with Crippen molar-refractivity contribution in [2.45, 2.75) is 19.5 Å². The predicted molar refractivity (Wildman–Crippen MR) is 74.5 cm³/mol. The molecule has 1 unspecified atom stereocenters. The number of benzene rings is 2. The monoisotopic (exact) mass is 270 g/mol. The zero-order valence-corrected chi connectivity index (χ0v) is 11.1. The van der Waals surface area contributed by atoms with E-state index in [-0.39, 0.29) is 17.4 Å². The number of phenolic OH excluding ortho intramolecular Hbond substituents is 1. The smallest absolute Gasteiger partial charge is 0.140 e. The molecule has 2 aromatic carbocycles. The van der Waals surface area contributed by atoms with E-state index < -0.39 is 5.82 Å². The summed E-state index contributed by atoms with van der Waals surface area (Å²) >= 11 is 0. The van der Waals surface area contributed by atoms with Crippen molar-refractivity contribution in [1.82, 2.24) is 5.32 Å². The van der Waals surface area contributed by atoms with Gasteiger partial charge >= 0.3 is 0 Å². The van der Waals surface area contributed by atoms with Gasteiger partial charge in [0.15, 0.2) is 0 Å². The molecule has 0 amide bonds. The summed E-state index contributed by atoms with van der Waals surface area (Å²) in [4.78, 5) is 0. The van der Waals surface area contributed by atoms with Crippen LogP contribution in [0.3, 0.4) is 0 Å². The molecule has 2 rings (SSSR count). The van der Waals surface area contributed by atoms with E-state index in [4.69, 9.17) is 5.26 Å². The van der Waals surface area contributed by atoms with Gasteiger partial charge < -0.3 is 10.4 Å². The summed E-state index contributed by atoms with van der Waals surface area (Å²) in [6.07, 6.45) is 0. The predicted octanol–water partition coefficient (Wildman–Crippen LogP) is 3.25. The van der Waals surface area contributed by atoms with Gasteiger partial charge in [-0.2, -0.15) is 5.26 Å². The number of phenols is 1. The molecule has 0 radical (unpaired) electrons. The van der Waals surface area contributed by atoms with Crippen LogP contribution in [0.1, 0.15) is 29.7 Å². The van der Waals surface area contributed by atoms with E-state index in [9.17, 15) is 9.50 Å². The van der Waals surface area contributed by atoms with Crippen LogP contribution < -0.4 is 5.32 Å². The van der Waals surface area contributed by atoms with Gasteiger partial charge in [-0.3, -0.25) is 0 Å². The Labute approximate surface area is 117 Å². The zero-order chi connectivity index (χ0) is 14.5. The molecule has 0 saturated carbocycles. The van der Waals surface area contributed by atoms with Crippen molar-refractivity contribution in [1.29, 1.82) is 5.26 Å². The van der Waals surface area contributed by atoms with Crippen molar-refractivity contribution in [3.05, 3.63) is 65.0 Å². The van der Waals surface area contributed by atoms with Gasteiger partial charge in [-0.15, -0.1) is 0 Å². The van der Waals surface area contributed by atoms with Gasteiger partial charge in [-0.1, -0.05) is 18.2 Å². The number of nitrogens with zero attached hydrogens (tertiary/aromatic N) is 1. The van der Waals surface area contributed by atoms with E-state index in [0.29, 0.717) is 6.54 Å². The van der Waals surface area contributed by atoms with E-state index in [1.165, 1.54) is 12.1 Å². The Balaban J connectivity index is 2.04. The van der Waals surface area contributed by atoms with Gasteiger partial charge in [-0.05, 0) is 42.3 Å². The van der Waals surface area contributed by atoms with Gasteiger partial charge in [0.05, 0.1) is 5.56 Å². The molecule has 0 aromatic heterocycles. The molecule has 2 N–H and O–H groups in total. The lowest BCUT2D eigenvalue weighted by Crippen LogP contribution is -2.18. The highest BCUT2D eigenvalue weighted by Crippen LogP contribution is 2.18. The van der Waals surface area contributed by atoms with Crippen LogP contribution in [-0.2, 0) is 6.54 Å². The molecule has 0 aliphatic carbocycles. The van der Waals surface area contributed by atoms with Crippen LogP contribution in [0.15, 0.2) is 42.5 Å². The first kappa shape index (κ1) is 14.0. The highest BCUT2D eigenvalue weighted by Gasteiger charge is 2.07. The number of rotatable bonds is 4. The third kappa shape index (κ3) is 3.34. The molecular formula is C16H15FN2O. The largest absolute Gasteiger partial charge is 0.508 e. The summed E-state index contributed by atoms with van der Waals surface area (Å²) in [6, 6.07) is 13.4. The molecular weight excluding hydrogens is 255 g/mol. The SMILES string of the molecule is CC(NCc1ccc(F)c(C#N)c1)c1cccc(O)c1. The van der Waals surface area contributed by atoms with E-state index >= 15 is 0 Å². The lowest BCUT2D eigenvalue weighted by atomic mass is 10.1. The molecule has 2 aromatic rings. The Morgan fingerprint density at radius 2 is 2.10 bits per heavy atom. The van der Waals surface area contributed by atoms with Gasteiger partial charge in [0, 0.05) is 12.6 Å². The van der Waals surface area contributed by atoms with Gasteiger partial charge in [0.2, 0.25) is 0 Å². The maximum Gasteiger partial charge on any atom is 0.140 e. The second-order valence-corrected chi connectivity index (χ2v) is 4.62. The molecule has 0 spiro atoms. The Bertz CT molecular complexity index is 649. The van der Waals surface area contributed by atoms with Crippen molar-refractivity contribution in [3.63, 3.8) is 0 Å². The molecule has 0 bridgehead atoms. The highest BCUT2D eigenvalue weighted by atomic mass is 19.1. The van der Waals surface area contributed by atoms with Gasteiger partial charge in [0.25, 0.3) is 0 Å². The Morgan fingerprint density at radius 1 is 1.30 bits per heavy atom. The van der Waals surface area contributed by atoms with Gasteiger partial charge in [0.1, 0.15) is 17.6 Å². The van der Waals surface area contributed by atoms with Crippen molar-refractivity contribution in [2.24, 2.45) is 0 Å². The topological polar surface area (TPSA) is 56.0 Å². The first-order chi connectivity index (χ1) is 9.60. The van der Waals surface area contributed by atoms with Crippen LogP contribution in [0.2, 0.25) is 0 Å². The summed E-state index contributed by atoms with van der Waals surface area (Å²) in [5.74, 6) is -0.276. The molecule has 0 heterocycles. The lowest BCUT2D eigenvalue weighted by molar-refractivity contribution is 0.472. The standard InChI is InChI=1S/C16H15FN2O/c1-11(13-3-2-4-15(20)8-13)19-10-12-5-6-16(17)14(7-12)9-18/h2-8,11,19-20H,10H2,1H3. The van der Waals surface area contributed by atoms with Crippen LogP contribution >= 0.6 is 0 Å². The molecule has 3 nitrogen and oxygen atoms in total. The molecule has 4 heteroatoms. The molecule has 0 aliphatic rings. The third-order valence-corrected chi connectivity index (χ3v) is 3.13. The van der Waals surface area contributed by atoms with E-state index in [2.05, 4.69) is 5.32 Å². The first-order valence-electron chi connectivity index (χ1n) is 6.31. The van der Waals surface area contributed by atoms with Crippen molar-refractivity contribution >= 4 is 0 Å². The molecule has 1 atom stereocenters. The first-order valence-corrected chi connectivity index (χ1v) is 6.31. The van der Waals surface area contributed by atoms with Crippen LogP contribution in [0.5, 0.6) is 5.75 Å². The number of aromatic hydroxyl groups is 1. The van der Waals surface area contributed by atoms with Crippen LogP contribution in [0.25, 0.3) is 0 Å². The average molecular weight is 270 g/mol. The van der Waals surface area contributed by atoms with Crippen molar-refractivity contribution in [2.75, 3.05) is 0 Å². The van der Waals surface area contributed by atoms with E-state index in [0.717, 1.165) is 11.1 Å². The maximum absolute atomic E-state index is 13.2. The Kier molecular flexibility index (Phi) is 4.34. The minimum absolute atomic E-state index is 0.0395. The van der Waals surface area contributed by atoms with Crippen LogP contribution in [-0.4, -0.2) is 5.11 Å². The summed E-state index contributed by atoms with van der Waals surface area (Å²) in [5, 5.41) is 21.5. The maximum atomic E-state index is 13.2. The molecule has 0 saturated heterocycles. The highest BCUT2D eigenvalue weighted by molar-refractivity contribution is 5.34. The van der Waals surface area contributed by atoms with Crippen LogP contribution in [0.4, 0.5) is 4.39 Å². The molecule has 102 valence electrons. The van der Waals surface area contributed by atoms with Crippen molar-refractivity contribution < 1.29 is 9.50 Å². The molecule has 0 aliphatic heterocycles. The van der Waals surface area contributed by atoms with E-state index in [1.807, 2.05) is 19.1 Å². The second-order valence-electron chi connectivity index (χ2n) is 4.62. The lowest BCUT2D eigenvalue weighted by Gasteiger charge is -2.14. The number of hydrogen-bond donors (Lipinski definition) is 2. The number of nitriles is 1. The van der Waals surface area contributed by atoms with Crippen molar-refractivity contribution in [3.8, 4) is 11.8 Å². The fourth-order valence-electron chi connectivity index (χ4n) is 1.95. The van der Waals surface area contributed by atoms with E-state index in [1.54, 1.807) is 24.3 Å². The Hall–Kier alpha value is -2.38. The minimum atomic E-state index is -0.503. The van der Waals surface area contributed by atoms with Crippen LogP contribution in [0, 0.1) is 17.1 Å². The minimum Gasteiger partial charge on any atom is -0.508 e. The summed E-state index contributed by atoms with van der Waals surface area (Å²) in [7, 11) is 0. The summed E-state index contributed by atoms with van der Waals surface area (Å²) < 4.78 is 13.2. The summed E-state index contributed by atoms with van der Waals surface area (Å²) in [5.41, 5.74) is 1.86. The normalized spacial score (nSPS) is 11.8. The van der Waals surface area contributed by atoms with Gasteiger partial charge in [-0.25, -0.2) is 4.39 Å². The number of nitrogens with one attached hydrogen (secondary N) is 1. The zero-order valence-electron chi connectivity index (χ0n) is 11.1. The summed E-state index contributed by atoms with van der Waals surface area (Å²) in [6.45, 7) is 2.50. The fourth-order valence-corrected chi connectivity index (χ4v) is 1.95. The second kappa shape index (κ2) is 6.18. The quantitative estimate of drug-likeness (QED) is 0.896. The Morgan fingerprint density at radius 3 is 2.80 bits per heavy atom. The molecule has 20 heavy (non-hydrogen) atoms. The average Bonchev–Trinajstić information content (AvgIpc) is 2.46. The molecule has 0 fully saturated rings. The number of hydrogen-bond acceptors (Lipinski definition) is 3.